The average Bonchev–Trinajstić information content (AvgIpc) is 2.65. The van der Waals surface area contributed by atoms with Crippen LogP contribution < -0.4 is 16.0 Å². The highest BCUT2D eigenvalue weighted by atomic mass is 127. The van der Waals surface area contributed by atoms with E-state index >= 15 is 0 Å². The van der Waals surface area contributed by atoms with E-state index in [-0.39, 0.29) is 36.4 Å². The Kier molecular flexibility index (Phi) is 11.3. The summed E-state index contributed by atoms with van der Waals surface area (Å²) < 4.78 is 0. The van der Waals surface area contributed by atoms with Crippen LogP contribution in [-0.4, -0.2) is 37.5 Å². The third-order valence-corrected chi connectivity index (χ3v) is 4.64. The van der Waals surface area contributed by atoms with Crippen LogP contribution in [0, 0.1) is 0 Å². The number of amides is 1. The molecule has 5 nitrogen and oxygen atoms in total. The molecule has 0 radical (unpaired) electrons. The molecule has 3 N–H and O–H groups in total. The molecule has 1 aromatic carbocycles. The number of benzene rings is 1. The number of halogens is 1. The van der Waals surface area contributed by atoms with Gasteiger partial charge in [0.2, 0.25) is 5.91 Å². The summed E-state index contributed by atoms with van der Waals surface area (Å²) in [5.41, 5.74) is 1.29. The monoisotopic (exact) mass is 472 g/mol. The van der Waals surface area contributed by atoms with E-state index in [1.165, 1.54) is 24.8 Å². The summed E-state index contributed by atoms with van der Waals surface area (Å²) in [6.45, 7) is 5.93. The molecule has 6 heteroatoms. The van der Waals surface area contributed by atoms with E-state index in [0.29, 0.717) is 17.9 Å². The highest BCUT2D eigenvalue weighted by molar-refractivity contribution is 14.0. The van der Waals surface area contributed by atoms with E-state index < -0.39 is 0 Å². The third-order valence-electron chi connectivity index (χ3n) is 4.64. The van der Waals surface area contributed by atoms with Crippen molar-refractivity contribution in [3.05, 3.63) is 35.9 Å². The molecular weight excluding hydrogens is 439 g/mol. The molecule has 0 heterocycles. The van der Waals surface area contributed by atoms with Crippen molar-refractivity contribution in [3.8, 4) is 0 Å². The van der Waals surface area contributed by atoms with Gasteiger partial charge in [0, 0.05) is 19.1 Å². The standard InChI is InChI=1S/C20H32N4O.HI/c1-3-21-20(22-14-16(2)17-10-6-4-7-11-17)23-15-19(25)24-18-12-8-5-9-13-18;/h4,6-7,10-11,16,18H,3,5,8-9,12-15H2,1-2H3,(H,24,25)(H2,21,22,23);1H. The smallest absolute Gasteiger partial charge is 0.242 e. The van der Waals surface area contributed by atoms with Crippen LogP contribution in [0.1, 0.15) is 57.4 Å². The molecule has 1 aliphatic rings. The summed E-state index contributed by atoms with van der Waals surface area (Å²) in [4.78, 5) is 16.5. The first-order chi connectivity index (χ1) is 12.2. The largest absolute Gasteiger partial charge is 0.357 e. The summed E-state index contributed by atoms with van der Waals surface area (Å²) in [5.74, 6) is 1.09. The summed E-state index contributed by atoms with van der Waals surface area (Å²) in [5, 5.41) is 9.65. The molecule has 0 spiro atoms. The average molecular weight is 472 g/mol. The van der Waals surface area contributed by atoms with Crippen LogP contribution in [-0.2, 0) is 4.79 Å². The molecule has 146 valence electrons. The number of rotatable bonds is 7. The van der Waals surface area contributed by atoms with Crippen LogP contribution >= 0.6 is 24.0 Å². The van der Waals surface area contributed by atoms with Gasteiger partial charge in [-0.15, -0.1) is 24.0 Å². The summed E-state index contributed by atoms with van der Waals surface area (Å²) in [6, 6.07) is 10.7. The quantitative estimate of drug-likeness (QED) is 0.324. The van der Waals surface area contributed by atoms with E-state index in [1.807, 2.05) is 13.0 Å². The Morgan fingerprint density at radius 2 is 1.85 bits per heavy atom. The number of guanidine groups is 1. The first-order valence-corrected chi connectivity index (χ1v) is 9.55. The van der Waals surface area contributed by atoms with Gasteiger partial charge in [-0.3, -0.25) is 4.79 Å². The maximum atomic E-state index is 12.1. The van der Waals surface area contributed by atoms with Gasteiger partial charge >= 0.3 is 0 Å². The van der Waals surface area contributed by atoms with Gasteiger partial charge in [-0.2, -0.15) is 0 Å². The van der Waals surface area contributed by atoms with Crippen molar-refractivity contribution in [1.29, 1.82) is 0 Å². The number of hydrogen-bond donors (Lipinski definition) is 3. The lowest BCUT2D eigenvalue weighted by atomic mass is 9.95. The number of nitrogens with zero attached hydrogens (tertiary/aromatic N) is 1. The second-order valence-corrected chi connectivity index (χ2v) is 6.79. The van der Waals surface area contributed by atoms with Crippen LogP contribution in [0.2, 0.25) is 0 Å². The Hall–Kier alpha value is -1.31. The predicted molar refractivity (Wildman–Crippen MR) is 119 cm³/mol. The Morgan fingerprint density at radius 3 is 2.50 bits per heavy atom. The number of aliphatic imine (C=N–C) groups is 1. The first-order valence-electron chi connectivity index (χ1n) is 9.55. The van der Waals surface area contributed by atoms with Gasteiger partial charge in [-0.25, -0.2) is 4.99 Å². The van der Waals surface area contributed by atoms with Crippen molar-refractivity contribution in [2.75, 3.05) is 19.6 Å². The van der Waals surface area contributed by atoms with Gasteiger partial charge in [-0.05, 0) is 31.2 Å². The Morgan fingerprint density at radius 1 is 1.15 bits per heavy atom. The second kappa shape index (κ2) is 12.9. The summed E-state index contributed by atoms with van der Waals surface area (Å²) in [7, 11) is 0. The van der Waals surface area contributed by atoms with Gasteiger partial charge in [0.1, 0.15) is 6.54 Å². The molecule has 1 amide bonds. The molecule has 1 fully saturated rings. The molecule has 0 aromatic heterocycles. The van der Waals surface area contributed by atoms with E-state index in [1.54, 1.807) is 0 Å². The zero-order chi connectivity index (χ0) is 17.9. The second-order valence-electron chi connectivity index (χ2n) is 6.79. The zero-order valence-corrected chi connectivity index (χ0v) is 18.3. The highest BCUT2D eigenvalue weighted by Crippen LogP contribution is 2.17. The van der Waals surface area contributed by atoms with Crippen molar-refractivity contribution in [3.63, 3.8) is 0 Å². The lowest BCUT2D eigenvalue weighted by molar-refractivity contribution is -0.120. The molecule has 0 aliphatic heterocycles. The van der Waals surface area contributed by atoms with Crippen molar-refractivity contribution < 1.29 is 4.79 Å². The molecule has 2 rings (SSSR count). The van der Waals surface area contributed by atoms with Gasteiger partial charge in [-0.1, -0.05) is 56.5 Å². The van der Waals surface area contributed by atoms with Crippen LogP contribution in [0.5, 0.6) is 0 Å². The predicted octanol–water partition coefficient (Wildman–Crippen LogP) is 3.41. The maximum absolute atomic E-state index is 12.1. The van der Waals surface area contributed by atoms with E-state index in [4.69, 9.17) is 0 Å². The number of hydrogen-bond acceptors (Lipinski definition) is 2. The Labute approximate surface area is 174 Å². The minimum Gasteiger partial charge on any atom is -0.357 e. The van der Waals surface area contributed by atoms with E-state index in [2.05, 4.69) is 52.1 Å². The third kappa shape index (κ3) is 8.38. The summed E-state index contributed by atoms with van der Waals surface area (Å²) in [6.07, 6.45) is 5.93. The van der Waals surface area contributed by atoms with E-state index in [0.717, 1.165) is 25.9 Å². The van der Waals surface area contributed by atoms with Crippen LogP contribution in [0.4, 0.5) is 0 Å². The molecular formula is C20H33IN4O. The van der Waals surface area contributed by atoms with Gasteiger partial charge in [0.05, 0.1) is 0 Å². The SMILES string of the molecule is CCNC(=NCC(=O)NC1CCCCC1)NCC(C)c1ccccc1.I. The van der Waals surface area contributed by atoms with Crippen molar-refractivity contribution in [2.24, 2.45) is 4.99 Å². The fourth-order valence-electron chi connectivity index (χ4n) is 3.16. The number of carbonyl (C=O) groups excluding carboxylic acids is 1. The lowest BCUT2D eigenvalue weighted by Crippen LogP contribution is -2.41. The lowest BCUT2D eigenvalue weighted by Gasteiger charge is -2.22. The highest BCUT2D eigenvalue weighted by Gasteiger charge is 2.15. The molecule has 0 bridgehead atoms. The van der Waals surface area contributed by atoms with Crippen molar-refractivity contribution >= 4 is 35.8 Å². The molecule has 0 saturated heterocycles. The minimum atomic E-state index is 0. The van der Waals surface area contributed by atoms with Gasteiger partial charge in [0.15, 0.2) is 5.96 Å². The van der Waals surface area contributed by atoms with Crippen molar-refractivity contribution in [1.82, 2.24) is 16.0 Å². The van der Waals surface area contributed by atoms with Crippen LogP contribution in [0.15, 0.2) is 35.3 Å². The minimum absolute atomic E-state index is 0. The molecule has 1 unspecified atom stereocenters. The molecule has 1 saturated carbocycles. The summed E-state index contributed by atoms with van der Waals surface area (Å²) >= 11 is 0. The molecule has 1 aromatic rings. The Balaban J connectivity index is 0.00000338. The molecule has 1 aliphatic carbocycles. The van der Waals surface area contributed by atoms with Gasteiger partial charge < -0.3 is 16.0 Å². The Bertz CT molecular complexity index is 544. The fraction of sp³-hybridized carbons (Fsp3) is 0.600. The van der Waals surface area contributed by atoms with Crippen molar-refractivity contribution in [2.45, 2.75) is 57.9 Å². The van der Waals surface area contributed by atoms with Gasteiger partial charge in [0.25, 0.3) is 0 Å². The fourth-order valence-corrected chi connectivity index (χ4v) is 3.16. The maximum Gasteiger partial charge on any atom is 0.242 e. The number of carbonyl (C=O) groups is 1. The van der Waals surface area contributed by atoms with Crippen LogP contribution in [0.25, 0.3) is 0 Å². The van der Waals surface area contributed by atoms with Crippen LogP contribution in [0.3, 0.4) is 0 Å². The molecule has 1 atom stereocenters. The molecule has 26 heavy (non-hydrogen) atoms. The number of nitrogens with one attached hydrogen (secondary N) is 3. The zero-order valence-electron chi connectivity index (χ0n) is 16.0. The van der Waals surface area contributed by atoms with E-state index in [9.17, 15) is 4.79 Å². The normalized spacial score (nSPS) is 16.3. The first kappa shape index (κ1) is 22.7. The topological polar surface area (TPSA) is 65.5 Å².